The van der Waals surface area contributed by atoms with E-state index in [0.717, 1.165) is 59.4 Å². The third-order valence-electron chi connectivity index (χ3n) is 6.04. The van der Waals surface area contributed by atoms with Gasteiger partial charge in [0.1, 0.15) is 0 Å². The summed E-state index contributed by atoms with van der Waals surface area (Å²) in [5, 5.41) is 12.7. The molecule has 2 fully saturated rings. The molecule has 0 spiro atoms. The van der Waals surface area contributed by atoms with Crippen molar-refractivity contribution in [3.63, 3.8) is 0 Å². The van der Waals surface area contributed by atoms with Gasteiger partial charge in [0.2, 0.25) is 0 Å². The molecule has 5 rings (SSSR count). The van der Waals surface area contributed by atoms with Crippen LogP contribution >= 0.6 is 0 Å². The predicted molar refractivity (Wildman–Crippen MR) is 104 cm³/mol. The first-order valence-electron chi connectivity index (χ1n) is 10.0. The van der Waals surface area contributed by atoms with E-state index in [9.17, 15) is 4.79 Å². The molecule has 1 atom stereocenters. The van der Waals surface area contributed by atoms with E-state index in [1.807, 2.05) is 38.6 Å². The standard InChI is InChI=1S/C21H25N5O2/c1-10(17-11(2)24-26(4)12(17)3)22-20(27)15-9-16(13-5-6-13)23-21-18(15)19(25-28-21)14-7-8-14/h9-10,13-14H,5-8H2,1-4H3,(H,22,27). The van der Waals surface area contributed by atoms with E-state index in [1.54, 1.807) is 0 Å². The summed E-state index contributed by atoms with van der Waals surface area (Å²) < 4.78 is 7.39. The number of carbonyl (C=O) groups excluding carboxylic acids is 1. The fraction of sp³-hybridized carbons (Fsp3) is 0.524. The molecule has 7 nitrogen and oxygen atoms in total. The van der Waals surface area contributed by atoms with Gasteiger partial charge in [-0.05, 0) is 52.5 Å². The summed E-state index contributed by atoms with van der Waals surface area (Å²) in [6.07, 6.45) is 4.43. The van der Waals surface area contributed by atoms with Crippen molar-refractivity contribution in [3.05, 3.63) is 40.0 Å². The lowest BCUT2D eigenvalue weighted by molar-refractivity contribution is 0.0941. The number of nitrogens with zero attached hydrogens (tertiary/aromatic N) is 4. The third-order valence-corrected chi connectivity index (χ3v) is 6.04. The fourth-order valence-electron chi connectivity index (χ4n) is 4.16. The summed E-state index contributed by atoms with van der Waals surface area (Å²) in [5.41, 5.74) is 6.03. The maximum Gasteiger partial charge on any atom is 0.259 e. The van der Waals surface area contributed by atoms with Gasteiger partial charge in [0.25, 0.3) is 11.6 Å². The molecule has 1 N–H and O–H groups in total. The number of amides is 1. The van der Waals surface area contributed by atoms with Crippen LogP contribution in [0.1, 0.15) is 89.2 Å². The molecule has 2 saturated carbocycles. The SMILES string of the molecule is Cc1nn(C)c(C)c1C(C)NC(=O)c1cc(C2CC2)nc2onc(C3CC3)c12. The Hall–Kier alpha value is -2.70. The number of fused-ring (bicyclic) bond motifs is 1. The molecular weight excluding hydrogens is 354 g/mol. The van der Waals surface area contributed by atoms with E-state index in [0.29, 0.717) is 23.1 Å². The molecule has 3 heterocycles. The van der Waals surface area contributed by atoms with Gasteiger partial charge >= 0.3 is 0 Å². The fourth-order valence-corrected chi connectivity index (χ4v) is 4.16. The normalized spacial score (nSPS) is 17.9. The lowest BCUT2D eigenvalue weighted by Gasteiger charge is -2.16. The van der Waals surface area contributed by atoms with E-state index in [2.05, 4.69) is 20.6 Å². The molecule has 0 radical (unpaired) electrons. The average molecular weight is 379 g/mol. The van der Waals surface area contributed by atoms with Gasteiger partial charge in [-0.1, -0.05) is 5.16 Å². The molecule has 146 valence electrons. The summed E-state index contributed by atoms with van der Waals surface area (Å²) in [6, 6.07) is 1.81. The van der Waals surface area contributed by atoms with Gasteiger partial charge in [-0.3, -0.25) is 9.48 Å². The summed E-state index contributed by atoms with van der Waals surface area (Å²) in [5.74, 6) is 0.724. The molecule has 2 aliphatic rings. The number of rotatable bonds is 5. The van der Waals surface area contributed by atoms with Crippen LogP contribution in [0.3, 0.4) is 0 Å². The van der Waals surface area contributed by atoms with Gasteiger partial charge in [-0.25, -0.2) is 4.98 Å². The van der Waals surface area contributed by atoms with Gasteiger partial charge < -0.3 is 9.84 Å². The van der Waals surface area contributed by atoms with Crippen molar-refractivity contribution in [2.75, 3.05) is 0 Å². The number of pyridine rings is 1. The Labute approximate surface area is 163 Å². The van der Waals surface area contributed by atoms with E-state index < -0.39 is 0 Å². The number of hydrogen-bond donors (Lipinski definition) is 1. The highest BCUT2D eigenvalue weighted by molar-refractivity contribution is 6.06. The second-order valence-electron chi connectivity index (χ2n) is 8.29. The molecule has 3 aromatic heterocycles. The topological polar surface area (TPSA) is 85.8 Å². The smallest absolute Gasteiger partial charge is 0.259 e. The molecule has 0 saturated heterocycles. The first-order chi connectivity index (χ1) is 13.4. The van der Waals surface area contributed by atoms with Crippen LogP contribution < -0.4 is 5.32 Å². The lowest BCUT2D eigenvalue weighted by atomic mass is 10.0. The highest BCUT2D eigenvalue weighted by Gasteiger charge is 2.34. The largest absolute Gasteiger partial charge is 0.345 e. The predicted octanol–water partition coefficient (Wildman–Crippen LogP) is 3.82. The van der Waals surface area contributed by atoms with Gasteiger partial charge in [-0.15, -0.1) is 0 Å². The zero-order chi connectivity index (χ0) is 19.6. The first-order valence-corrected chi connectivity index (χ1v) is 10.0. The van der Waals surface area contributed by atoms with Crippen LogP contribution in [-0.2, 0) is 7.05 Å². The maximum absolute atomic E-state index is 13.3. The van der Waals surface area contributed by atoms with Crippen LogP contribution in [0.4, 0.5) is 0 Å². The van der Waals surface area contributed by atoms with Gasteiger partial charge in [0, 0.05) is 35.8 Å². The third kappa shape index (κ3) is 2.80. The van der Waals surface area contributed by atoms with Gasteiger partial charge in [0.15, 0.2) is 0 Å². The molecule has 1 unspecified atom stereocenters. The van der Waals surface area contributed by atoms with E-state index in [1.165, 1.54) is 0 Å². The molecule has 7 heteroatoms. The second kappa shape index (κ2) is 6.15. The zero-order valence-corrected chi connectivity index (χ0v) is 16.7. The van der Waals surface area contributed by atoms with Gasteiger partial charge in [-0.2, -0.15) is 5.10 Å². The van der Waals surface area contributed by atoms with Crippen LogP contribution in [-0.4, -0.2) is 25.8 Å². The Kier molecular flexibility index (Phi) is 3.82. The number of carbonyl (C=O) groups is 1. The minimum atomic E-state index is -0.141. The van der Waals surface area contributed by atoms with E-state index in [-0.39, 0.29) is 11.9 Å². The van der Waals surface area contributed by atoms with E-state index in [4.69, 9.17) is 4.52 Å². The summed E-state index contributed by atoms with van der Waals surface area (Å²) in [7, 11) is 1.92. The molecule has 3 aromatic rings. The van der Waals surface area contributed by atoms with E-state index >= 15 is 0 Å². The maximum atomic E-state index is 13.3. The van der Waals surface area contributed by atoms with Crippen molar-refractivity contribution in [3.8, 4) is 0 Å². The molecule has 0 aromatic carbocycles. The summed E-state index contributed by atoms with van der Waals surface area (Å²) in [6.45, 7) is 6.01. The Morgan fingerprint density at radius 1 is 1.25 bits per heavy atom. The Bertz CT molecular complexity index is 1090. The molecule has 2 aliphatic carbocycles. The Balaban J connectivity index is 1.53. The highest BCUT2D eigenvalue weighted by atomic mass is 16.5. The number of aromatic nitrogens is 4. The minimum Gasteiger partial charge on any atom is -0.345 e. The summed E-state index contributed by atoms with van der Waals surface area (Å²) in [4.78, 5) is 18.0. The molecule has 1 amide bonds. The van der Waals surface area contributed by atoms with Crippen LogP contribution in [0.2, 0.25) is 0 Å². The number of hydrogen-bond acceptors (Lipinski definition) is 5. The quantitative estimate of drug-likeness (QED) is 0.728. The summed E-state index contributed by atoms with van der Waals surface area (Å²) >= 11 is 0. The lowest BCUT2D eigenvalue weighted by Crippen LogP contribution is -2.28. The average Bonchev–Trinajstić information content (AvgIpc) is 3.57. The number of aryl methyl sites for hydroxylation is 2. The van der Waals surface area contributed by atoms with Crippen LogP contribution in [0.25, 0.3) is 11.1 Å². The second-order valence-corrected chi connectivity index (χ2v) is 8.29. The molecule has 28 heavy (non-hydrogen) atoms. The van der Waals surface area contributed by atoms with Gasteiger partial charge in [0.05, 0.1) is 28.4 Å². The monoisotopic (exact) mass is 379 g/mol. The van der Waals surface area contributed by atoms with Crippen LogP contribution in [0.15, 0.2) is 10.6 Å². The van der Waals surface area contributed by atoms with Crippen molar-refractivity contribution < 1.29 is 9.32 Å². The van der Waals surface area contributed by atoms with Crippen molar-refractivity contribution in [2.24, 2.45) is 7.05 Å². The van der Waals surface area contributed by atoms with Crippen LogP contribution in [0.5, 0.6) is 0 Å². The molecule has 0 bridgehead atoms. The van der Waals surface area contributed by atoms with Crippen molar-refractivity contribution in [2.45, 2.75) is 64.3 Å². The van der Waals surface area contributed by atoms with Crippen LogP contribution in [0, 0.1) is 13.8 Å². The minimum absolute atomic E-state index is 0.102. The Morgan fingerprint density at radius 2 is 1.96 bits per heavy atom. The first kappa shape index (κ1) is 17.4. The van der Waals surface area contributed by atoms with Crippen molar-refractivity contribution in [1.82, 2.24) is 25.2 Å². The molecular formula is C21H25N5O2. The highest BCUT2D eigenvalue weighted by Crippen LogP contribution is 2.45. The van der Waals surface area contributed by atoms with Crippen molar-refractivity contribution in [1.29, 1.82) is 0 Å². The molecule has 0 aliphatic heterocycles. The Morgan fingerprint density at radius 3 is 2.57 bits per heavy atom. The number of nitrogens with one attached hydrogen (secondary N) is 1. The zero-order valence-electron chi connectivity index (χ0n) is 16.7. The van der Waals surface area contributed by atoms with Crippen molar-refractivity contribution >= 4 is 17.0 Å².